The monoisotopic (exact) mass is 198 g/mol. The fourth-order valence-corrected chi connectivity index (χ4v) is 2.32. The molecule has 0 aromatic carbocycles. The Morgan fingerprint density at radius 3 is 2.71 bits per heavy atom. The summed E-state index contributed by atoms with van der Waals surface area (Å²) in [6.07, 6.45) is 5.80. The second-order valence-electron chi connectivity index (χ2n) is 4.34. The number of carbonyl (C=O) groups excluding carboxylic acids is 1. The molecule has 1 rings (SSSR count). The normalized spacial score (nSPS) is 27.6. The van der Waals surface area contributed by atoms with Crippen molar-refractivity contribution in [2.24, 2.45) is 11.8 Å². The molecule has 0 radical (unpaired) electrons. The summed E-state index contributed by atoms with van der Waals surface area (Å²) < 4.78 is 5.55. The molecule has 1 fully saturated rings. The van der Waals surface area contributed by atoms with Crippen molar-refractivity contribution in [1.82, 2.24) is 0 Å². The van der Waals surface area contributed by atoms with Crippen molar-refractivity contribution in [3.63, 3.8) is 0 Å². The summed E-state index contributed by atoms with van der Waals surface area (Å²) in [5, 5.41) is 0. The lowest BCUT2D eigenvalue weighted by Gasteiger charge is -2.29. The second kappa shape index (κ2) is 6.18. The Bertz CT molecular complexity index is 177. The van der Waals surface area contributed by atoms with Crippen LogP contribution in [0.1, 0.15) is 46.0 Å². The third-order valence-corrected chi connectivity index (χ3v) is 3.11. The van der Waals surface area contributed by atoms with Crippen LogP contribution in [0, 0.1) is 11.8 Å². The lowest BCUT2D eigenvalue weighted by molar-refractivity contribution is -0.124. The Kier molecular flexibility index (Phi) is 5.16. The van der Waals surface area contributed by atoms with Crippen molar-refractivity contribution >= 4 is 5.78 Å². The minimum atomic E-state index is 0.278. The van der Waals surface area contributed by atoms with Gasteiger partial charge in [-0.1, -0.05) is 19.8 Å². The van der Waals surface area contributed by atoms with Gasteiger partial charge in [-0.15, -0.1) is 0 Å². The Morgan fingerprint density at radius 2 is 2.07 bits per heavy atom. The number of ether oxygens (including phenoxy) is 1. The zero-order valence-corrected chi connectivity index (χ0v) is 9.42. The van der Waals surface area contributed by atoms with Crippen LogP contribution in [-0.4, -0.2) is 19.0 Å². The SMILES string of the molecule is CCCOCC1CCCCC1C(C)=O. The largest absolute Gasteiger partial charge is 0.381 e. The molecular weight excluding hydrogens is 176 g/mol. The summed E-state index contributed by atoms with van der Waals surface area (Å²) >= 11 is 0. The predicted molar refractivity (Wildman–Crippen MR) is 57.2 cm³/mol. The molecular formula is C12H22O2. The number of hydrogen-bond donors (Lipinski definition) is 0. The van der Waals surface area contributed by atoms with E-state index in [2.05, 4.69) is 6.92 Å². The van der Waals surface area contributed by atoms with Crippen molar-refractivity contribution in [3.8, 4) is 0 Å². The summed E-state index contributed by atoms with van der Waals surface area (Å²) in [5.74, 6) is 1.13. The Hall–Kier alpha value is -0.370. The van der Waals surface area contributed by atoms with Gasteiger partial charge in [0.05, 0.1) is 6.61 Å². The molecule has 2 atom stereocenters. The van der Waals surface area contributed by atoms with E-state index in [9.17, 15) is 4.79 Å². The summed E-state index contributed by atoms with van der Waals surface area (Å²) in [5.41, 5.74) is 0. The fraction of sp³-hybridized carbons (Fsp3) is 0.917. The summed E-state index contributed by atoms with van der Waals surface area (Å²) in [6.45, 7) is 5.46. The highest BCUT2D eigenvalue weighted by molar-refractivity contribution is 5.78. The first kappa shape index (κ1) is 11.7. The third-order valence-electron chi connectivity index (χ3n) is 3.11. The first-order valence-corrected chi connectivity index (χ1v) is 5.84. The van der Waals surface area contributed by atoms with Crippen molar-refractivity contribution in [2.75, 3.05) is 13.2 Å². The molecule has 1 saturated carbocycles. The minimum Gasteiger partial charge on any atom is -0.381 e. The molecule has 0 aromatic rings. The Labute approximate surface area is 87.0 Å². The molecule has 82 valence electrons. The average Bonchev–Trinajstić information content (AvgIpc) is 2.19. The molecule has 0 N–H and O–H groups in total. The third kappa shape index (κ3) is 3.41. The number of hydrogen-bond acceptors (Lipinski definition) is 2. The van der Waals surface area contributed by atoms with Crippen LogP contribution in [0.2, 0.25) is 0 Å². The molecule has 0 amide bonds. The quantitative estimate of drug-likeness (QED) is 0.635. The van der Waals surface area contributed by atoms with Gasteiger partial charge in [0.1, 0.15) is 5.78 Å². The predicted octanol–water partition coefficient (Wildman–Crippen LogP) is 2.81. The van der Waals surface area contributed by atoms with E-state index in [-0.39, 0.29) is 5.92 Å². The van der Waals surface area contributed by atoms with E-state index in [1.807, 2.05) is 0 Å². The van der Waals surface area contributed by atoms with Crippen molar-refractivity contribution < 1.29 is 9.53 Å². The minimum absolute atomic E-state index is 0.278. The number of carbonyl (C=O) groups is 1. The van der Waals surface area contributed by atoms with E-state index >= 15 is 0 Å². The summed E-state index contributed by atoms with van der Waals surface area (Å²) in [6, 6.07) is 0. The van der Waals surface area contributed by atoms with Gasteiger partial charge in [0.25, 0.3) is 0 Å². The zero-order chi connectivity index (χ0) is 10.4. The number of rotatable bonds is 5. The molecule has 0 spiro atoms. The smallest absolute Gasteiger partial charge is 0.133 e. The second-order valence-corrected chi connectivity index (χ2v) is 4.34. The molecule has 0 heterocycles. The first-order chi connectivity index (χ1) is 6.75. The standard InChI is InChI=1S/C12H22O2/c1-3-8-14-9-11-6-4-5-7-12(11)10(2)13/h11-12H,3-9H2,1-2H3. The van der Waals surface area contributed by atoms with Gasteiger partial charge < -0.3 is 4.74 Å². The molecule has 0 aliphatic heterocycles. The maximum Gasteiger partial charge on any atom is 0.133 e. The van der Waals surface area contributed by atoms with Gasteiger partial charge in [0.2, 0.25) is 0 Å². The van der Waals surface area contributed by atoms with Crippen molar-refractivity contribution in [3.05, 3.63) is 0 Å². The highest BCUT2D eigenvalue weighted by Gasteiger charge is 2.28. The van der Waals surface area contributed by atoms with Gasteiger partial charge in [-0.2, -0.15) is 0 Å². The van der Waals surface area contributed by atoms with E-state index in [1.165, 1.54) is 19.3 Å². The van der Waals surface area contributed by atoms with E-state index in [1.54, 1.807) is 6.92 Å². The average molecular weight is 198 g/mol. The fourth-order valence-electron chi connectivity index (χ4n) is 2.32. The van der Waals surface area contributed by atoms with Gasteiger partial charge in [-0.3, -0.25) is 4.79 Å². The maximum atomic E-state index is 11.4. The van der Waals surface area contributed by atoms with Gasteiger partial charge >= 0.3 is 0 Å². The summed E-state index contributed by atoms with van der Waals surface area (Å²) in [7, 11) is 0. The van der Waals surface area contributed by atoms with E-state index in [0.717, 1.165) is 26.1 Å². The number of Topliss-reactive ketones (excluding diaryl/α,β-unsaturated/α-hetero) is 1. The molecule has 0 aromatic heterocycles. The summed E-state index contributed by atoms with van der Waals surface area (Å²) in [4.78, 5) is 11.4. The molecule has 2 heteroatoms. The Morgan fingerprint density at radius 1 is 1.36 bits per heavy atom. The van der Waals surface area contributed by atoms with Gasteiger partial charge in [-0.25, -0.2) is 0 Å². The first-order valence-electron chi connectivity index (χ1n) is 5.84. The molecule has 2 nitrogen and oxygen atoms in total. The Balaban J connectivity index is 2.34. The van der Waals surface area contributed by atoms with Gasteiger partial charge in [-0.05, 0) is 32.1 Å². The molecule has 2 unspecified atom stereocenters. The van der Waals surface area contributed by atoms with E-state index in [0.29, 0.717) is 11.7 Å². The molecule has 1 aliphatic carbocycles. The van der Waals surface area contributed by atoms with Crippen LogP contribution < -0.4 is 0 Å². The molecule has 0 bridgehead atoms. The van der Waals surface area contributed by atoms with Crippen molar-refractivity contribution in [1.29, 1.82) is 0 Å². The maximum absolute atomic E-state index is 11.4. The van der Waals surface area contributed by atoms with E-state index < -0.39 is 0 Å². The lowest BCUT2D eigenvalue weighted by Crippen LogP contribution is -2.29. The van der Waals surface area contributed by atoms with Crippen LogP contribution in [0.5, 0.6) is 0 Å². The molecule has 14 heavy (non-hydrogen) atoms. The van der Waals surface area contributed by atoms with Gasteiger partial charge in [0, 0.05) is 12.5 Å². The molecule has 0 saturated heterocycles. The van der Waals surface area contributed by atoms with Crippen LogP contribution in [0.15, 0.2) is 0 Å². The highest BCUT2D eigenvalue weighted by Crippen LogP contribution is 2.30. The highest BCUT2D eigenvalue weighted by atomic mass is 16.5. The lowest BCUT2D eigenvalue weighted by atomic mass is 9.78. The van der Waals surface area contributed by atoms with Gasteiger partial charge in [0.15, 0.2) is 0 Å². The van der Waals surface area contributed by atoms with E-state index in [4.69, 9.17) is 4.74 Å². The van der Waals surface area contributed by atoms with Crippen LogP contribution >= 0.6 is 0 Å². The van der Waals surface area contributed by atoms with Crippen LogP contribution in [0.3, 0.4) is 0 Å². The number of ketones is 1. The van der Waals surface area contributed by atoms with Crippen molar-refractivity contribution in [2.45, 2.75) is 46.0 Å². The van der Waals surface area contributed by atoms with Crippen LogP contribution in [-0.2, 0) is 9.53 Å². The zero-order valence-electron chi connectivity index (χ0n) is 9.42. The topological polar surface area (TPSA) is 26.3 Å². The van der Waals surface area contributed by atoms with Crippen LogP contribution in [0.4, 0.5) is 0 Å². The molecule has 1 aliphatic rings. The van der Waals surface area contributed by atoms with Crippen LogP contribution in [0.25, 0.3) is 0 Å².